The van der Waals surface area contributed by atoms with Gasteiger partial charge < -0.3 is 5.32 Å². The van der Waals surface area contributed by atoms with Crippen LogP contribution >= 0.6 is 0 Å². The summed E-state index contributed by atoms with van der Waals surface area (Å²) in [5.41, 5.74) is 0.288. The van der Waals surface area contributed by atoms with Gasteiger partial charge >= 0.3 is 0 Å². The van der Waals surface area contributed by atoms with E-state index in [1.54, 1.807) is 4.31 Å². The number of rotatable bonds is 6. The summed E-state index contributed by atoms with van der Waals surface area (Å²) in [7, 11) is -1.14. The minimum atomic E-state index is -3.03. The Morgan fingerprint density at radius 2 is 1.89 bits per heavy atom. The van der Waals surface area contributed by atoms with E-state index in [9.17, 15) is 8.42 Å². The van der Waals surface area contributed by atoms with E-state index in [2.05, 4.69) is 19.2 Å². The third-order valence-corrected chi connectivity index (χ3v) is 5.73. The Bertz CT molecular complexity index is 339. The molecule has 5 heteroatoms. The lowest BCUT2D eigenvalue weighted by Crippen LogP contribution is -2.34. The highest BCUT2D eigenvalue weighted by molar-refractivity contribution is 7.89. The van der Waals surface area contributed by atoms with E-state index >= 15 is 0 Å². The average molecular weight is 276 g/mol. The predicted octanol–water partition coefficient (Wildman–Crippen LogP) is 1.83. The molecule has 1 rings (SSSR count). The Labute approximate surface area is 112 Å². The normalized spacial score (nSPS) is 21.7. The minimum Gasteiger partial charge on any atom is -0.320 e. The maximum atomic E-state index is 12.2. The maximum absolute atomic E-state index is 12.2. The number of sulfonamides is 1. The molecule has 1 aliphatic heterocycles. The molecule has 0 bridgehead atoms. The first kappa shape index (κ1) is 15.9. The van der Waals surface area contributed by atoms with Crippen molar-refractivity contribution in [2.24, 2.45) is 5.41 Å². The van der Waals surface area contributed by atoms with E-state index in [0.717, 1.165) is 38.6 Å². The largest absolute Gasteiger partial charge is 0.320 e. The zero-order chi connectivity index (χ0) is 13.6. The van der Waals surface area contributed by atoms with Gasteiger partial charge in [-0.15, -0.1) is 0 Å². The van der Waals surface area contributed by atoms with Gasteiger partial charge in [0.05, 0.1) is 5.75 Å². The van der Waals surface area contributed by atoms with Crippen LogP contribution in [0.4, 0.5) is 0 Å². The van der Waals surface area contributed by atoms with E-state index in [1.807, 2.05) is 7.05 Å². The van der Waals surface area contributed by atoms with E-state index < -0.39 is 10.0 Å². The first-order chi connectivity index (χ1) is 8.37. The fraction of sp³-hybridized carbons (Fsp3) is 1.00. The first-order valence-corrected chi connectivity index (χ1v) is 8.61. The lowest BCUT2D eigenvalue weighted by Gasteiger charge is -2.23. The van der Waals surface area contributed by atoms with Crippen molar-refractivity contribution in [1.29, 1.82) is 0 Å². The van der Waals surface area contributed by atoms with Crippen LogP contribution in [0, 0.1) is 5.41 Å². The summed E-state index contributed by atoms with van der Waals surface area (Å²) >= 11 is 0. The van der Waals surface area contributed by atoms with Crippen LogP contribution in [0.2, 0.25) is 0 Å². The molecule has 1 N–H and O–H groups in total. The van der Waals surface area contributed by atoms with Gasteiger partial charge in [0.2, 0.25) is 10.0 Å². The molecular weight excluding hydrogens is 248 g/mol. The molecule has 1 saturated heterocycles. The van der Waals surface area contributed by atoms with Crippen molar-refractivity contribution < 1.29 is 8.42 Å². The third kappa shape index (κ3) is 5.24. The zero-order valence-corrected chi connectivity index (χ0v) is 12.9. The average Bonchev–Trinajstić information content (AvgIpc) is 2.46. The van der Waals surface area contributed by atoms with Crippen LogP contribution in [-0.2, 0) is 10.0 Å². The highest BCUT2D eigenvalue weighted by Crippen LogP contribution is 2.30. The highest BCUT2D eigenvalue weighted by Gasteiger charge is 2.28. The maximum Gasteiger partial charge on any atom is 0.214 e. The topological polar surface area (TPSA) is 49.4 Å². The fourth-order valence-electron chi connectivity index (χ4n) is 2.39. The molecule has 0 aliphatic carbocycles. The fourth-order valence-corrected chi connectivity index (χ4v) is 4.00. The molecule has 0 aromatic carbocycles. The second-order valence-electron chi connectivity index (χ2n) is 6.04. The van der Waals surface area contributed by atoms with Crippen molar-refractivity contribution >= 4 is 10.0 Å². The monoisotopic (exact) mass is 276 g/mol. The van der Waals surface area contributed by atoms with Crippen LogP contribution in [0.1, 0.15) is 46.0 Å². The molecule has 1 fully saturated rings. The summed E-state index contributed by atoms with van der Waals surface area (Å²) in [6.07, 6.45) is 4.77. The van der Waals surface area contributed by atoms with E-state index in [-0.39, 0.29) is 5.41 Å². The lowest BCUT2D eigenvalue weighted by molar-refractivity contribution is 0.314. The van der Waals surface area contributed by atoms with Crippen LogP contribution in [0.15, 0.2) is 0 Å². The summed E-state index contributed by atoms with van der Waals surface area (Å²) in [5.74, 6) is 0.301. The molecule has 0 aromatic rings. The van der Waals surface area contributed by atoms with Crippen LogP contribution in [0.3, 0.4) is 0 Å². The number of hydrogen-bond acceptors (Lipinski definition) is 3. The van der Waals surface area contributed by atoms with Crippen LogP contribution < -0.4 is 5.32 Å². The van der Waals surface area contributed by atoms with Crippen molar-refractivity contribution in [3.8, 4) is 0 Å². The van der Waals surface area contributed by atoms with Gasteiger partial charge in [-0.3, -0.25) is 0 Å². The lowest BCUT2D eigenvalue weighted by atomic mass is 9.85. The quantitative estimate of drug-likeness (QED) is 0.753. The van der Waals surface area contributed by atoms with Gasteiger partial charge in [0.1, 0.15) is 0 Å². The van der Waals surface area contributed by atoms with Gasteiger partial charge in [-0.25, -0.2) is 12.7 Å². The first-order valence-electron chi connectivity index (χ1n) is 7.00. The van der Waals surface area contributed by atoms with Crippen molar-refractivity contribution in [3.63, 3.8) is 0 Å². The summed E-state index contributed by atoms with van der Waals surface area (Å²) in [6.45, 7) is 6.76. The molecule has 0 radical (unpaired) electrons. The SMILES string of the molecule is CNCCCCS(=O)(=O)N1CCCC(C)(C)CC1. The van der Waals surface area contributed by atoms with Crippen molar-refractivity contribution in [2.45, 2.75) is 46.0 Å². The Hall–Kier alpha value is -0.130. The molecule has 0 aromatic heterocycles. The predicted molar refractivity (Wildman–Crippen MR) is 76.2 cm³/mol. The molecular formula is C13H28N2O2S. The van der Waals surface area contributed by atoms with Crippen LogP contribution in [-0.4, -0.2) is 45.2 Å². The molecule has 1 aliphatic rings. The minimum absolute atomic E-state index is 0.288. The zero-order valence-electron chi connectivity index (χ0n) is 12.0. The summed E-state index contributed by atoms with van der Waals surface area (Å²) in [4.78, 5) is 0. The van der Waals surface area contributed by atoms with Gasteiger partial charge in [0.15, 0.2) is 0 Å². The molecule has 0 saturated carbocycles. The van der Waals surface area contributed by atoms with E-state index in [4.69, 9.17) is 0 Å². The highest BCUT2D eigenvalue weighted by atomic mass is 32.2. The van der Waals surface area contributed by atoms with Crippen molar-refractivity contribution in [1.82, 2.24) is 9.62 Å². The molecule has 0 spiro atoms. The van der Waals surface area contributed by atoms with Gasteiger partial charge in [-0.1, -0.05) is 13.8 Å². The summed E-state index contributed by atoms with van der Waals surface area (Å²) in [6, 6.07) is 0. The molecule has 18 heavy (non-hydrogen) atoms. The second-order valence-corrected chi connectivity index (χ2v) is 8.13. The number of nitrogens with zero attached hydrogens (tertiary/aromatic N) is 1. The van der Waals surface area contributed by atoms with Gasteiger partial charge in [0.25, 0.3) is 0 Å². The molecule has 1 heterocycles. The van der Waals surface area contributed by atoms with Gasteiger partial charge in [-0.05, 0) is 51.1 Å². The second kappa shape index (κ2) is 6.87. The van der Waals surface area contributed by atoms with E-state index in [0.29, 0.717) is 18.8 Å². The van der Waals surface area contributed by atoms with Crippen LogP contribution in [0.25, 0.3) is 0 Å². The van der Waals surface area contributed by atoms with Gasteiger partial charge in [-0.2, -0.15) is 0 Å². The van der Waals surface area contributed by atoms with Crippen molar-refractivity contribution in [3.05, 3.63) is 0 Å². The van der Waals surface area contributed by atoms with Gasteiger partial charge in [0, 0.05) is 13.1 Å². The standard InChI is InChI=1S/C13H28N2O2S/c1-13(2)7-6-10-15(11-8-13)18(16,17)12-5-4-9-14-3/h14H,4-12H2,1-3H3. The Morgan fingerprint density at radius 3 is 2.56 bits per heavy atom. The summed E-state index contributed by atoms with van der Waals surface area (Å²) in [5, 5.41) is 3.05. The molecule has 108 valence electrons. The summed E-state index contributed by atoms with van der Waals surface area (Å²) < 4.78 is 26.1. The Morgan fingerprint density at radius 1 is 1.17 bits per heavy atom. The molecule has 0 amide bonds. The Kier molecular flexibility index (Phi) is 6.08. The third-order valence-electron chi connectivity index (χ3n) is 3.77. The number of hydrogen-bond donors (Lipinski definition) is 1. The van der Waals surface area contributed by atoms with Crippen molar-refractivity contribution in [2.75, 3.05) is 32.4 Å². The number of unbranched alkanes of at least 4 members (excludes halogenated alkanes) is 1. The smallest absolute Gasteiger partial charge is 0.214 e. The molecule has 0 atom stereocenters. The van der Waals surface area contributed by atoms with E-state index in [1.165, 1.54) is 0 Å². The number of nitrogens with one attached hydrogen (secondary N) is 1. The Balaban J connectivity index is 2.46. The molecule has 0 unspecified atom stereocenters. The molecule has 4 nitrogen and oxygen atoms in total. The van der Waals surface area contributed by atoms with Crippen LogP contribution in [0.5, 0.6) is 0 Å².